The van der Waals surface area contributed by atoms with Gasteiger partial charge in [0.1, 0.15) is 5.75 Å². The number of nitrogens with one attached hydrogen (secondary N) is 1. The quantitative estimate of drug-likeness (QED) is 0.675. The molecular formula is C14H23N3O2. The summed E-state index contributed by atoms with van der Waals surface area (Å²) in [6.45, 7) is 2.39. The molecule has 5 heteroatoms. The van der Waals surface area contributed by atoms with Gasteiger partial charge in [0.05, 0.1) is 13.2 Å². The van der Waals surface area contributed by atoms with Gasteiger partial charge in [0.2, 0.25) is 5.91 Å². The fraction of sp³-hybridized carbons (Fsp3) is 0.500. The van der Waals surface area contributed by atoms with E-state index in [0.29, 0.717) is 19.7 Å². The third-order valence-electron chi connectivity index (χ3n) is 2.78. The normalized spacial score (nSPS) is 10.5. The number of nitrogens with zero attached hydrogens (tertiary/aromatic N) is 1. The van der Waals surface area contributed by atoms with Crippen molar-refractivity contribution < 1.29 is 9.53 Å². The molecule has 0 saturated heterocycles. The number of hydrogen-bond donors (Lipinski definition) is 2. The molecule has 0 aliphatic carbocycles. The van der Waals surface area contributed by atoms with E-state index in [1.54, 1.807) is 7.05 Å². The van der Waals surface area contributed by atoms with E-state index in [1.807, 2.05) is 36.2 Å². The first kappa shape index (κ1) is 15.5. The second kappa shape index (κ2) is 8.50. The Hall–Kier alpha value is -1.59. The summed E-state index contributed by atoms with van der Waals surface area (Å²) < 4.78 is 5.65. The van der Waals surface area contributed by atoms with Crippen LogP contribution >= 0.6 is 0 Å². The zero-order valence-corrected chi connectivity index (χ0v) is 11.7. The Morgan fingerprint density at radius 3 is 2.95 bits per heavy atom. The lowest BCUT2D eigenvalue weighted by Gasteiger charge is -2.15. The largest absolute Gasteiger partial charge is 0.494 e. The zero-order valence-electron chi connectivity index (χ0n) is 11.7. The van der Waals surface area contributed by atoms with Gasteiger partial charge in [-0.1, -0.05) is 12.1 Å². The van der Waals surface area contributed by atoms with E-state index in [4.69, 9.17) is 10.5 Å². The van der Waals surface area contributed by atoms with Crippen molar-refractivity contribution in [1.29, 1.82) is 0 Å². The van der Waals surface area contributed by atoms with Gasteiger partial charge >= 0.3 is 0 Å². The summed E-state index contributed by atoms with van der Waals surface area (Å²) in [4.78, 5) is 13.1. The number of nitrogens with two attached hydrogens (primary N) is 1. The molecule has 1 aromatic rings. The van der Waals surface area contributed by atoms with Crippen LogP contribution in [0.3, 0.4) is 0 Å². The topological polar surface area (TPSA) is 67.6 Å². The first-order valence-corrected chi connectivity index (χ1v) is 6.46. The van der Waals surface area contributed by atoms with Gasteiger partial charge in [-0.05, 0) is 31.2 Å². The first-order valence-electron chi connectivity index (χ1n) is 6.46. The predicted octanol–water partition coefficient (Wildman–Crippen LogP) is 0.592. The molecule has 0 bridgehead atoms. The van der Waals surface area contributed by atoms with Gasteiger partial charge in [-0.25, -0.2) is 0 Å². The van der Waals surface area contributed by atoms with Crippen molar-refractivity contribution in [2.75, 3.05) is 33.8 Å². The average Bonchev–Trinajstić information content (AvgIpc) is 2.43. The predicted molar refractivity (Wildman–Crippen MR) is 76.0 cm³/mol. The lowest BCUT2D eigenvalue weighted by atomic mass is 10.2. The summed E-state index contributed by atoms with van der Waals surface area (Å²) in [5, 5.41) is 2.60. The van der Waals surface area contributed by atoms with E-state index in [-0.39, 0.29) is 5.91 Å². The van der Waals surface area contributed by atoms with Crippen LogP contribution in [0.15, 0.2) is 24.3 Å². The number of likely N-dealkylation sites (N-methyl/N-ethyl adjacent to an activating group) is 2. The van der Waals surface area contributed by atoms with E-state index in [1.165, 1.54) is 0 Å². The average molecular weight is 265 g/mol. The van der Waals surface area contributed by atoms with Crippen molar-refractivity contribution in [1.82, 2.24) is 10.2 Å². The standard InChI is InChI=1S/C14H23N3O2/c1-16-14(18)11-17(2)7-4-8-19-13-6-3-5-12(9-13)10-15/h3,5-6,9H,4,7-8,10-11,15H2,1-2H3,(H,16,18). The Morgan fingerprint density at radius 2 is 2.26 bits per heavy atom. The molecule has 0 heterocycles. The van der Waals surface area contributed by atoms with Crippen molar-refractivity contribution >= 4 is 5.91 Å². The molecule has 3 N–H and O–H groups in total. The second-order valence-corrected chi connectivity index (χ2v) is 4.46. The van der Waals surface area contributed by atoms with E-state index in [2.05, 4.69) is 5.32 Å². The van der Waals surface area contributed by atoms with Gasteiger partial charge in [0.15, 0.2) is 0 Å². The fourth-order valence-corrected chi connectivity index (χ4v) is 1.69. The van der Waals surface area contributed by atoms with Gasteiger partial charge < -0.3 is 15.8 Å². The van der Waals surface area contributed by atoms with Crippen molar-refractivity contribution in [2.45, 2.75) is 13.0 Å². The molecule has 1 aromatic carbocycles. The van der Waals surface area contributed by atoms with Crippen molar-refractivity contribution in [3.8, 4) is 5.75 Å². The van der Waals surface area contributed by atoms with Gasteiger partial charge in [-0.3, -0.25) is 9.69 Å². The molecule has 0 unspecified atom stereocenters. The maximum absolute atomic E-state index is 11.2. The van der Waals surface area contributed by atoms with Crippen LogP contribution in [0, 0.1) is 0 Å². The molecule has 0 aliphatic rings. The van der Waals surface area contributed by atoms with Gasteiger partial charge in [0, 0.05) is 20.1 Å². The number of benzene rings is 1. The second-order valence-electron chi connectivity index (χ2n) is 4.46. The molecule has 0 radical (unpaired) electrons. The Bertz CT molecular complexity index is 396. The molecule has 0 spiro atoms. The number of hydrogen-bond acceptors (Lipinski definition) is 4. The molecule has 0 aromatic heterocycles. The summed E-state index contributed by atoms with van der Waals surface area (Å²) in [5.41, 5.74) is 6.64. The lowest BCUT2D eigenvalue weighted by molar-refractivity contribution is -0.121. The van der Waals surface area contributed by atoms with Crippen LogP contribution < -0.4 is 15.8 Å². The van der Waals surface area contributed by atoms with Crippen LogP contribution in [0.1, 0.15) is 12.0 Å². The first-order chi connectivity index (χ1) is 9.15. The molecular weight excluding hydrogens is 242 g/mol. The van der Waals surface area contributed by atoms with Crippen LogP contribution in [0.5, 0.6) is 5.75 Å². The van der Waals surface area contributed by atoms with E-state index in [0.717, 1.165) is 24.3 Å². The van der Waals surface area contributed by atoms with Crippen LogP contribution in [0.2, 0.25) is 0 Å². The van der Waals surface area contributed by atoms with Gasteiger partial charge in [-0.15, -0.1) is 0 Å². The van der Waals surface area contributed by atoms with Crippen molar-refractivity contribution in [3.63, 3.8) is 0 Å². The maximum Gasteiger partial charge on any atom is 0.233 e. The minimum absolute atomic E-state index is 0.0269. The third kappa shape index (κ3) is 6.22. The Balaban J connectivity index is 2.21. The van der Waals surface area contributed by atoms with E-state index >= 15 is 0 Å². The SMILES string of the molecule is CNC(=O)CN(C)CCCOc1cccc(CN)c1. The van der Waals surface area contributed by atoms with Gasteiger partial charge in [0.25, 0.3) is 0 Å². The van der Waals surface area contributed by atoms with Crippen LogP contribution in [0.4, 0.5) is 0 Å². The maximum atomic E-state index is 11.2. The van der Waals surface area contributed by atoms with E-state index < -0.39 is 0 Å². The molecule has 1 amide bonds. The van der Waals surface area contributed by atoms with Crippen LogP contribution in [-0.2, 0) is 11.3 Å². The highest BCUT2D eigenvalue weighted by molar-refractivity contribution is 5.77. The minimum Gasteiger partial charge on any atom is -0.494 e. The molecule has 0 fully saturated rings. The lowest BCUT2D eigenvalue weighted by Crippen LogP contribution is -2.33. The van der Waals surface area contributed by atoms with Gasteiger partial charge in [-0.2, -0.15) is 0 Å². The highest BCUT2D eigenvalue weighted by Crippen LogP contribution is 2.12. The van der Waals surface area contributed by atoms with Crippen LogP contribution in [0.25, 0.3) is 0 Å². The molecule has 0 aliphatic heterocycles. The summed E-state index contributed by atoms with van der Waals surface area (Å²) in [6.07, 6.45) is 0.875. The Kier molecular flexibility index (Phi) is 6.92. The highest BCUT2D eigenvalue weighted by Gasteiger charge is 2.04. The summed E-state index contributed by atoms with van der Waals surface area (Å²) >= 11 is 0. The molecule has 0 saturated carbocycles. The number of amides is 1. The number of rotatable bonds is 8. The molecule has 19 heavy (non-hydrogen) atoms. The smallest absolute Gasteiger partial charge is 0.233 e. The highest BCUT2D eigenvalue weighted by atomic mass is 16.5. The Morgan fingerprint density at radius 1 is 1.47 bits per heavy atom. The number of ether oxygens (including phenoxy) is 1. The van der Waals surface area contributed by atoms with Crippen molar-refractivity contribution in [3.05, 3.63) is 29.8 Å². The number of carbonyl (C=O) groups is 1. The monoisotopic (exact) mass is 265 g/mol. The van der Waals surface area contributed by atoms with Crippen LogP contribution in [-0.4, -0.2) is 44.6 Å². The summed E-state index contributed by atoms with van der Waals surface area (Å²) in [6, 6.07) is 7.79. The Labute approximate surface area is 114 Å². The molecule has 1 rings (SSSR count). The molecule has 106 valence electrons. The fourth-order valence-electron chi connectivity index (χ4n) is 1.69. The minimum atomic E-state index is 0.0269. The zero-order chi connectivity index (χ0) is 14.1. The molecule has 5 nitrogen and oxygen atoms in total. The summed E-state index contributed by atoms with van der Waals surface area (Å²) in [7, 11) is 3.56. The molecule has 0 atom stereocenters. The van der Waals surface area contributed by atoms with Crippen molar-refractivity contribution in [2.24, 2.45) is 5.73 Å². The summed E-state index contributed by atoms with van der Waals surface area (Å²) in [5.74, 6) is 0.871. The van der Waals surface area contributed by atoms with E-state index in [9.17, 15) is 4.79 Å². The number of carbonyl (C=O) groups excluding carboxylic acids is 1. The third-order valence-corrected chi connectivity index (χ3v) is 2.78.